The zero-order valence-corrected chi connectivity index (χ0v) is 14.4. The standard InChI is InChI=1S/C19H26N2O3/c1-23-17-4-2-3-15(11-17)12-20-8-6-19(18(20)22)7-9-21(14-19)16-5-10-24-13-16/h2-4,11,16H,5-10,12-14H2,1H3/t16-,19-/m0/s1. The van der Waals surface area contributed by atoms with Crippen LogP contribution in [0.2, 0.25) is 0 Å². The lowest BCUT2D eigenvalue weighted by atomic mass is 9.85. The van der Waals surface area contributed by atoms with E-state index in [4.69, 9.17) is 9.47 Å². The van der Waals surface area contributed by atoms with E-state index >= 15 is 0 Å². The largest absolute Gasteiger partial charge is 0.497 e. The predicted molar refractivity (Wildman–Crippen MR) is 90.9 cm³/mol. The molecule has 0 aromatic heterocycles. The molecule has 0 N–H and O–H groups in total. The van der Waals surface area contributed by atoms with Crippen LogP contribution in [0.15, 0.2) is 24.3 Å². The zero-order chi connectivity index (χ0) is 16.6. The lowest BCUT2D eigenvalue weighted by Gasteiger charge is -2.26. The molecule has 5 heteroatoms. The summed E-state index contributed by atoms with van der Waals surface area (Å²) in [6.07, 6.45) is 3.09. The first-order valence-electron chi connectivity index (χ1n) is 8.94. The Morgan fingerprint density at radius 3 is 3.00 bits per heavy atom. The van der Waals surface area contributed by atoms with E-state index in [1.807, 2.05) is 23.1 Å². The van der Waals surface area contributed by atoms with Crippen LogP contribution in [0.5, 0.6) is 5.75 Å². The molecule has 3 aliphatic heterocycles. The van der Waals surface area contributed by atoms with E-state index in [1.165, 1.54) is 0 Å². The number of ether oxygens (including phenoxy) is 2. The third-order valence-electron chi connectivity index (χ3n) is 5.91. The third kappa shape index (κ3) is 2.80. The highest BCUT2D eigenvalue weighted by atomic mass is 16.5. The summed E-state index contributed by atoms with van der Waals surface area (Å²) in [7, 11) is 1.68. The summed E-state index contributed by atoms with van der Waals surface area (Å²) < 4.78 is 10.8. The summed E-state index contributed by atoms with van der Waals surface area (Å²) in [6.45, 7) is 5.19. The molecule has 3 fully saturated rings. The Morgan fingerprint density at radius 1 is 1.33 bits per heavy atom. The third-order valence-corrected chi connectivity index (χ3v) is 5.91. The van der Waals surface area contributed by atoms with E-state index in [9.17, 15) is 4.79 Å². The van der Waals surface area contributed by atoms with Crippen molar-refractivity contribution in [2.75, 3.05) is 40.0 Å². The van der Waals surface area contributed by atoms with Crippen molar-refractivity contribution >= 4 is 5.91 Å². The number of carbonyl (C=O) groups is 1. The zero-order valence-electron chi connectivity index (χ0n) is 14.4. The van der Waals surface area contributed by atoms with Crippen molar-refractivity contribution in [2.24, 2.45) is 5.41 Å². The number of benzene rings is 1. The second-order valence-electron chi connectivity index (χ2n) is 7.35. The van der Waals surface area contributed by atoms with Crippen molar-refractivity contribution in [1.29, 1.82) is 0 Å². The van der Waals surface area contributed by atoms with E-state index in [-0.39, 0.29) is 5.41 Å². The van der Waals surface area contributed by atoms with Crippen LogP contribution in [0.4, 0.5) is 0 Å². The highest BCUT2D eigenvalue weighted by molar-refractivity contribution is 5.85. The van der Waals surface area contributed by atoms with Gasteiger partial charge in [0.25, 0.3) is 0 Å². The first kappa shape index (κ1) is 15.9. The number of nitrogens with zero attached hydrogens (tertiary/aromatic N) is 2. The number of amides is 1. The fourth-order valence-electron chi connectivity index (χ4n) is 4.44. The van der Waals surface area contributed by atoms with Crippen LogP contribution in [0.1, 0.15) is 24.8 Å². The van der Waals surface area contributed by atoms with Crippen LogP contribution in [0.3, 0.4) is 0 Å². The Balaban J connectivity index is 1.42. The minimum Gasteiger partial charge on any atom is -0.497 e. The van der Waals surface area contributed by atoms with Gasteiger partial charge in [0.2, 0.25) is 5.91 Å². The van der Waals surface area contributed by atoms with Gasteiger partial charge in [-0.2, -0.15) is 0 Å². The van der Waals surface area contributed by atoms with E-state index < -0.39 is 0 Å². The molecule has 3 heterocycles. The number of likely N-dealkylation sites (tertiary alicyclic amines) is 2. The molecule has 0 radical (unpaired) electrons. The minimum absolute atomic E-state index is 0.151. The molecular formula is C19H26N2O3. The fourth-order valence-corrected chi connectivity index (χ4v) is 4.44. The van der Waals surface area contributed by atoms with Crippen molar-refractivity contribution < 1.29 is 14.3 Å². The van der Waals surface area contributed by atoms with Crippen molar-refractivity contribution in [2.45, 2.75) is 31.8 Å². The average molecular weight is 330 g/mol. The molecule has 1 aromatic rings. The van der Waals surface area contributed by atoms with E-state index in [0.717, 1.165) is 63.4 Å². The van der Waals surface area contributed by atoms with Gasteiger partial charge in [0.05, 0.1) is 19.1 Å². The number of hydrogen-bond acceptors (Lipinski definition) is 4. The van der Waals surface area contributed by atoms with Gasteiger partial charge in [-0.3, -0.25) is 9.69 Å². The van der Waals surface area contributed by atoms with Gasteiger partial charge < -0.3 is 14.4 Å². The molecule has 4 rings (SSSR count). The Bertz CT molecular complexity index is 614. The summed E-state index contributed by atoms with van der Waals surface area (Å²) in [5.74, 6) is 1.19. The van der Waals surface area contributed by atoms with E-state index in [2.05, 4.69) is 11.0 Å². The van der Waals surface area contributed by atoms with Crippen LogP contribution >= 0.6 is 0 Å². The summed E-state index contributed by atoms with van der Waals surface area (Å²) >= 11 is 0. The molecule has 0 bridgehead atoms. The summed E-state index contributed by atoms with van der Waals surface area (Å²) in [6, 6.07) is 8.54. The van der Waals surface area contributed by atoms with Crippen LogP contribution < -0.4 is 4.74 Å². The smallest absolute Gasteiger partial charge is 0.230 e. The highest BCUT2D eigenvalue weighted by Crippen LogP contribution is 2.42. The van der Waals surface area contributed by atoms with Gasteiger partial charge in [-0.25, -0.2) is 0 Å². The lowest BCUT2D eigenvalue weighted by Crippen LogP contribution is -2.39. The fraction of sp³-hybridized carbons (Fsp3) is 0.632. The van der Waals surface area contributed by atoms with E-state index in [1.54, 1.807) is 7.11 Å². The number of rotatable bonds is 4. The monoisotopic (exact) mass is 330 g/mol. The number of methoxy groups -OCH3 is 1. The van der Waals surface area contributed by atoms with Gasteiger partial charge in [-0.1, -0.05) is 12.1 Å². The maximum atomic E-state index is 13.1. The Morgan fingerprint density at radius 2 is 2.21 bits per heavy atom. The molecule has 2 atom stereocenters. The maximum Gasteiger partial charge on any atom is 0.230 e. The molecule has 1 amide bonds. The SMILES string of the molecule is COc1cccc(CN2CC[C@@]3(CCN([C@H]4CCOC4)C3)C2=O)c1. The first-order chi connectivity index (χ1) is 11.7. The number of carbonyl (C=O) groups excluding carboxylic acids is 1. The van der Waals surface area contributed by atoms with Crippen molar-refractivity contribution in [1.82, 2.24) is 9.80 Å². The molecule has 3 saturated heterocycles. The molecule has 5 nitrogen and oxygen atoms in total. The Hall–Kier alpha value is -1.59. The lowest BCUT2D eigenvalue weighted by molar-refractivity contribution is -0.136. The van der Waals surface area contributed by atoms with Crippen LogP contribution in [0, 0.1) is 5.41 Å². The number of hydrogen-bond donors (Lipinski definition) is 0. The summed E-state index contributed by atoms with van der Waals surface area (Å²) in [4.78, 5) is 17.6. The van der Waals surface area contributed by atoms with Crippen LogP contribution in [-0.2, 0) is 16.1 Å². The molecule has 1 spiro atoms. The highest BCUT2D eigenvalue weighted by Gasteiger charge is 2.51. The van der Waals surface area contributed by atoms with Crippen molar-refractivity contribution in [3.8, 4) is 5.75 Å². The first-order valence-corrected chi connectivity index (χ1v) is 8.94. The normalized spacial score (nSPS) is 30.6. The molecule has 0 aliphatic carbocycles. The molecule has 3 aliphatic rings. The minimum atomic E-state index is -0.151. The molecule has 0 saturated carbocycles. The van der Waals surface area contributed by atoms with Crippen molar-refractivity contribution in [3.05, 3.63) is 29.8 Å². The summed E-state index contributed by atoms with van der Waals surface area (Å²) in [5, 5.41) is 0. The van der Waals surface area contributed by atoms with Gasteiger partial charge in [-0.15, -0.1) is 0 Å². The molecular weight excluding hydrogens is 304 g/mol. The Kier molecular flexibility index (Phi) is 4.22. The van der Waals surface area contributed by atoms with Gasteiger partial charge in [0.15, 0.2) is 0 Å². The van der Waals surface area contributed by atoms with Crippen LogP contribution in [0.25, 0.3) is 0 Å². The van der Waals surface area contributed by atoms with Gasteiger partial charge in [0, 0.05) is 32.3 Å². The topological polar surface area (TPSA) is 42.0 Å². The average Bonchev–Trinajstić information content (AvgIpc) is 3.33. The predicted octanol–water partition coefficient (Wildman–Crippen LogP) is 1.91. The van der Waals surface area contributed by atoms with Gasteiger partial charge in [-0.05, 0) is 43.5 Å². The Labute approximate surface area is 143 Å². The molecule has 130 valence electrons. The maximum absolute atomic E-state index is 13.1. The van der Waals surface area contributed by atoms with Gasteiger partial charge >= 0.3 is 0 Å². The van der Waals surface area contributed by atoms with Crippen molar-refractivity contribution in [3.63, 3.8) is 0 Å². The quantitative estimate of drug-likeness (QED) is 0.846. The molecule has 1 aromatic carbocycles. The van der Waals surface area contributed by atoms with E-state index in [0.29, 0.717) is 18.5 Å². The molecule has 0 unspecified atom stereocenters. The van der Waals surface area contributed by atoms with Gasteiger partial charge in [0.1, 0.15) is 5.75 Å². The summed E-state index contributed by atoms with van der Waals surface area (Å²) in [5.41, 5.74) is 0.986. The van der Waals surface area contributed by atoms with Crippen LogP contribution in [-0.4, -0.2) is 61.7 Å². The molecule has 24 heavy (non-hydrogen) atoms. The second kappa shape index (κ2) is 6.37. The second-order valence-corrected chi connectivity index (χ2v) is 7.35.